The number of carboxylic acid groups (broad SMARTS) is 1. The van der Waals surface area contributed by atoms with Gasteiger partial charge in [0.25, 0.3) is 0 Å². The molecule has 0 fully saturated rings. The van der Waals surface area contributed by atoms with Crippen LogP contribution in [-0.2, 0) is 19.6 Å². The molecule has 1 aliphatic rings. The molecular weight excluding hydrogens is 525 g/mol. The number of benzene rings is 3. The fraction of sp³-hybridized carbons (Fsp3) is 0.154. The average molecular weight is 546 g/mol. The van der Waals surface area contributed by atoms with Gasteiger partial charge in [-0.3, -0.25) is 0 Å². The van der Waals surface area contributed by atoms with Crippen LogP contribution < -0.4 is 0 Å². The Labute approximate surface area is 218 Å². The monoisotopic (exact) mass is 545 g/mol. The number of hydrogen-bond acceptors (Lipinski definition) is 5. The predicted octanol–water partition coefficient (Wildman–Crippen LogP) is 5.67. The third-order valence-corrected chi connectivity index (χ3v) is 8.35. The molecule has 0 saturated carbocycles. The van der Waals surface area contributed by atoms with Crippen molar-refractivity contribution in [1.29, 1.82) is 0 Å². The molecule has 3 aromatic carbocycles. The van der Waals surface area contributed by atoms with Crippen molar-refractivity contribution < 1.29 is 27.9 Å². The summed E-state index contributed by atoms with van der Waals surface area (Å²) in [6.07, 6.45) is 1.60. The van der Waals surface area contributed by atoms with E-state index in [0.717, 1.165) is 11.4 Å². The van der Waals surface area contributed by atoms with Crippen molar-refractivity contribution in [3.05, 3.63) is 111 Å². The maximum atomic E-state index is 14.4. The minimum absolute atomic E-state index is 0.0833. The molecule has 3 aromatic rings. The van der Waals surface area contributed by atoms with Gasteiger partial charge in [-0.2, -0.15) is 4.31 Å². The maximum absolute atomic E-state index is 14.4. The molecule has 2 atom stereocenters. The summed E-state index contributed by atoms with van der Waals surface area (Å²) in [4.78, 5) is 24.5. The van der Waals surface area contributed by atoms with Crippen molar-refractivity contribution in [3.8, 4) is 0 Å². The van der Waals surface area contributed by atoms with Crippen molar-refractivity contribution in [3.63, 3.8) is 0 Å². The van der Waals surface area contributed by atoms with Gasteiger partial charge < -0.3 is 9.84 Å². The van der Waals surface area contributed by atoms with Crippen LogP contribution in [0.25, 0.3) is 0 Å². The van der Waals surface area contributed by atoms with Crippen LogP contribution >= 0.6 is 23.2 Å². The fourth-order valence-electron chi connectivity index (χ4n) is 4.34. The van der Waals surface area contributed by atoms with Gasteiger partial charge in [0, 0.05) is 10.0 Å². The first kappa shape index (κ1) is 25.9. The first-order valence-electron chi connectivity index (χ1n) is 10.8. The normalized spacial score (nSPS) is 18.4. The Balaban J connectivity index is 2.02. The summed E-state index contributed by atoms with van der Waals surface area (Å²) in [5.41, 5.74) is 0.688. The van der Waals surface area contributed by atoms with Crippen molar-refractivity contribution in [1.82, 2.24) is 4.31 Å². The molecule has 0 aromatic heterocycles. The van der Waals surface area contributed by atoms with Crippen LogP contribution in [0.3, 0.4) is 0 Å². The predicted molar refractivity (Wildman–Crippen MR) is 136 cm³/mol. The maximum Gasteiger partial charge on any atom is 0.339 e. The standard InChI is InChI=1S/C26H21Cl2NO6S/c1-35-26(32)20-7-2-3-8-23(20)36(33,34)29-22(16-9-11-18(27)12-10-16)14-13-21(25(30)31)24(29)17-5-4-6-19(28)15-17/h2-13,15,22,24H,14H2,1H3,(H,30,31)/t22-,24-/m0/s1. The lowest BCUT2D eigenvalue weighted by atomic mass is 9.89. The average Bonchev–Trinajstić information content (AvgIpc) is 2.87. The van der Waals surface area contributed by atoms with Gasteiger partial charge in [-0.25, -0.2) is 18.0 Å². The molecule has 0 spiro atoms. The number of hydrogen-bond donors (Lipinski definition) is 1. The number of halogens is 2. The van der Waals surface area contributed by atoms with E-state index in [4.69, 9.17) is 27.9 Å². The second kappa shape index (κ2) is 10.4. The molecule has 0 bridgehead atoms. The molecule has 10 heteroatoms. The number of carbonyl (C=O) groups is 2. The molecule has 0 aliphatic carbocycles. The smallest absolute Gasteiger partial charge is 0.339 e. The summed E-state index contributed by atoms with van der Waals surface area (Å²) in [7, 11) is -3.32. The van der Waals surface area contributed by atoms with Crippen molar-refractivity contribution in [2.24, 2.45) is 0 Å². The second-order valence-corrected chi connectivity index (χ2v) is 10.7. The minimum Gasteiger partial charge on any atom is -0.478 e. The van der Waals surface area contributed by atoms with E-state index >= 15 is 0 Å². The molecule has 7 nitrogen and oxygen atoms in total. The summed E-state index contributed by atoms with van der Waals surface area (Å²) in [5.74, 6) is -2.10. The summed E-state index contributed by atoms with van der Waals surface area (Å²) < 4.78 is 34.7. The van der Waals surface area contributed by atoms with Gasteiger partial charge in [0.15, 0.2) is 0 Å². The first-order valence-corrected chi connectivity index (χ1v) is 13.0. The fourth-order valence-corrected chi connectivity index (χ4v) is 6.62. The van der Waals surface area contributed by atoms with E-state index in [9.17, 15) is 23.1 Å². The molecule has 0 radical (unpaired) electrons. The van der Waals surface area contributed by atoms with Crippen LogP contribution in [0.1, 0.15) is 40.0 Å². The summed E-state index contributed by atoms with van der Waals surface area (Å²) in [6.45, 7) is 0. The van der Waals surface area contributed by atoms with Crippen LogP contribution in [-0.4, -0.2) is 36.9 Å². The Morgan fingerprint density at radius 1 is 0.944 bits per heavy atom. The Kier molecular flexibility index (Phi) is 7.51. The van der Waals surface area contributed by atoms with Gasteiger partial charge in [-0.1, -0.05) is 65.7 Å². The van der Waals surface area contributed by atoms with Gasteiger partial charge in [0.2, 0.25) is 10.0 Å². The number of aliphatic carboxylic acids is 1. The third kappa shape index (κ3) is 4.90. The number of rotatable bonds is 6. The minimum atomic E-state index is -4.48. The summed E-state index contributed by atoms with van der Waals surface area (Å²) in [6, 6.07) is 16.7. The van der Waals surface area contributed by atoms with Crippen molar-refractivity contribution in [2.75, 3.05) is 7.11 Å². The molecule has 186 valence electrons. The Hall–Kier alpha value is -3.17. The number of nitrogens with zero attached hydrogens (tertiary/aromatic N) is 1. The van der Waals surface area contributed by atoms with E-state index in [1.807, 2.05) is 0 Å². The van der Waals surface area contributed by atoms with Gasteiger partial charge in [-0.05, 0) is 53.9 Å². The molecule has 4 rings (SSSR count). The highest BCUT2D eigenvalue weighted by Crippen LogP contribution is 2.46. The summed E-state index contributed by atoms with van der Waals surface area (Å²) in [5, 5.41) is 10.8. The zero-order chi connectivity index (χ0) is 26.0. The number of carbonyl (C=O) groups excluding carboxylic acids is 1. The highest BCUT2D eigenvalue weighted by atomic mass is 35.5. The topological polar surface area (TPSA) is 101 Å². The SMILES string of the molecule is COC(=O)c1ccccc1S(=O)(=O)N1[C@@H](c2cccc(Cl)c2)C(C(=O)O)=CC[C@H]1c1ccc(Cl)cc1. The van der Waals surface area contributed by atoms with Crippen LogP contribution in [0.2, 0.25) is 10.0 Å². The van der Waals surface area contributed by atoms with Crippen LogP contribution in [0.4, 0.5) is 0 Å². The number of esters is 1. The quantitative estimate of drug-likeness (QED) is 0.400. The molecule has 0 amide bonds. The van der Waals surface area contributed by atoms with Crippen LogP contribution in [0, 0.1) is 0 Å². The van der Waals surface area contributed by atoms with E-state index in [2.05, 4.69) is 0 Å². The Morgan fingerprint density at radius 3 is 2.28 bits per heavy atom. The van der Waals surface area contributed by atoms with E-state index in [-0.39, 0.29) is 22.5 Å². The lowest BCUT2D eigenvalue weighted by Gasteiger charge is -2.41. The lowest BCUT2D eigenvalue weighted by Crippen LogP contribution is -2.42. The van der Waals surface area contributed by atoms with E-state index in [1.54, 1.807) is 42.5 Å². The number of carboxylic acids is 1. The third-order valence-electron chi connectivity index (χ3n) is 5.93. The highest BCUT2D eigenvalue weighted by molar-refractivity contribution is 7.89. The molecule has 0 unspecified atom stereocenters. The van der Waals surface area contributed by atoms with Crippen LogP contribution in [0.15, 0.2) is 89.3 Å². The van der Waals surface area contributed by atoms with Gasteiger partial charge in [-0.15, -0.1) is 0 Å². The van der Waals surface area contributed by atoms with Gasteiger partial charge in [0.05, 0.1) is 35.2 Å². The zero-order valence-electron chi connectivity index (χ0n) is 19.0. The number of sulfonamides is 1. The van der Waals surface area contributed by atoms with Crippen LogP contribution in [0.5, 0.6) is 0 Å². The zero-order valence-corrected chi connectivity index (χ0v) is 21.3. The van der Waals surface area contributed by atoms with E-state index < -0.39 is 34.0 Å². The van der Waals surface area contributed by atoms with E-state index in [0.29, 0.717) is 21.2 Å². The highest BCUT2D eigenvalue weighted by Gasteiger charge is 2.45. The second-order valence-electron chi connectivity index (χ2n) is 8.05. The van der Waals surface area contributed by atoms with E-state index in [1.165, 1.54) is 36.4 Å². The summed E-state index contributed by atoms with van der Waals surface area (Å²) >= 11 is 12.3. The number of ether oxygens (including phenoxy) is 1. The molecule has 1 aliphatic heterocycles. The Bertz CT molecular complexity index is 1450. The van der Waals surface area contributed by atoms with Gasteiger partial charge in [0.1, 0.15) is 0 Å². The molecule has 36 heavy (non-hydrogen) atoms. The van der Waals surface area contributed by atoms with Crippen molar-refractivity contribution in [2.45, 2.75) is 23.4 Å². The molecule has 0 saturated heterocycles. The Morgan fingerprint density at radius 2 is 1.64 bits per heavy atom. The van der Waals surface area contributed by atoms with Gasteiger partial charge >= 0.3 is 11.9 Å². The molecule has 1 N–H and O–H groups in total. The lowest BCUT2D eigenvalue weighted by molar-refractivity contribution is -0.133. The van der Waals surface area contributed by atoms with Crippen molar-refractivity contribution >= 4 is 45.2 Å². The largest absolute Gasteiger partial charge is 0.478 e. The first-order chi connectivity index (χ1) is 17.1. The number of methoxy groups -OCH3 is 1. The molecule has 1 heterocycles. The molecular formula is C26H21Cl2NO6S.